The lowest BCUT2D eigenvalue weighted by Crippen LogP contribution is -2.37. The van der Waals surface area contributed by atoms with E-state index in [0.29, 0.717) is 6.54 Å². The van der Waals surface area contributed by atoms with Gasteiger partial charge >= 0.3 is 0 Å². The highest BCUT2D eigenvalue weighted by molar-refractivity contribution is 5.82. The van der Waals surface area contributed by atoms with Crippen LogP contribution in [0.3, 0.4) is 0 Å². The van der Waals surface area contributed by atoms with E-state index < -0.39 is 0 Å². The van der Waals surface area contributed by atoms with Gasteiger partial charge in [0.05, 0.1) is 18.7 Å². The zero-order valence-corrected chi connectivity index (χ0v) is 11.2. The van der Waals surface area contributed by atoms with Crippen molar-refractivity contribution >= 4 is 16.7 Å². The van der Waals surface area contributed by atoms with Crippen LogP contribution in [-0.4, -0.2) is 31.3 Å². The van der Waals surface area contributed by atoms with Crippen molar-refractivity contribution in [3.05, 3.63) is 35.4 Å². The van der Waals surface area contributed by atoms with E-state index in [-0.39, 0.29) is 0 Å². The molecule has 0 atom stereocenters. The van der Waals surface area contributed by atoms with Gasteiger partial charge in [-0.2, -0.15) is 0 Å². The Hall–Kier alpha value is -1.65. The van der Waals surface area contributed by atoms with Crippen LogP contribution in [0.2, 0.25) is 0 Å². The van der Waals surface area contributed by atoms with E-state index in [4.69, 9.17) is 15.5 Å². The van der Waals surface area contributed by atoms with Crippen molar-refractivity contribution in [1.29, 1.82) is 0 Å². The fourth-order valence-corrected chi connectivity index (χ4v) is 2.53. The number of ether oxygens (including phenoxy) is 1. The third-order valence-corrected chi connectivity index (χ3v) is 3.56. The van der Waals surface area contributed by atoms with E-state index in [0.717, 1.165) is 48.6 Å². The molecule has 1 fully saturated rings. The first-order valence-electron chi connectivity index (χ1n) is 6.71. The largest absolute Gasteiger partial charge is 0.378 e. The summed E-state index contributed by atoms with van der Waals surface area (Å²) in [5.74, 6) is 1.02. The highest BCUT2D eigenvalue weighted by Gasteiger charge is 2.16. The molecule has 0 spiro atoms. The van der Waals surface area contributed by atoms with Gasteiger partial charge in [-0.1, -0.05) is 11.6 Å². The number of anilines is 1. The SMILES string of the molecule is Cc1ccc2nc(N3CCOCC3)c(CN)cc2c1. The summed E-state index contributed by atoms with van der Waals surface area (Å²) in [7, 11) is 0. The molecule has 1 aromatic carbocycles. The molecule has 2 aromatic rings. The summed E-state index contributed by atoms with van der Waals surface area (Å²) >= 11 is 0. The molecule has 1 aliphatic heterocycles. The Balaban J connectivity index is 2.09. The molecule has 4 nitrogen and oxygen atoms in total. The number of nitrogens with zero attached hydrogens (tertiary/aromatic N) is 2. The van der Waals surface area contributed by atoms with Crippen molar-refractivity contribution in [1.82, 2.24) is 4.98 Å². The summed E-state index contributed by atoms with van der Waals surface area (Å²) in [6, 6.07) is 8.50. The van der Waals surface area contributed by atoms with E-state index in [9.17, 15) is 0 Å². The van der Waals surface area contributed by atoms with Crippen LogP contribution in [0, 0.1) is 6.92 Å². The molecule has 0 saturated carbocycles. The number of hydrogen-bond donors (Lipinski definition) is 1. The van der Waals surface area contributed by atoms with Crippen molar-refractivity contribution in [3.63, 3.8) is 0 Å². The highest BCUT2D eigenvalue weighted by atomic mass is 16.5. The second-order valence-corrected chi connectivity index (χ2v) is 4.97. The zero-order valence-electron chi connectivity index (χ0n) is 11.2. The molecular formula is C15H19N3O. The normalized spacial score (nSPS) is 16.0. The quantitative estimate of drug-likeness (QED) is 0.892. The predicted molar refractivity (Wildman–Crippen MR) is 77.4 cm³/mol. The molecule has 19 heavy (non-hydrogen) atoms. The third-order valence-electron chi connectivity index (χ3n) is 3.56. The predicted octanol–water partition coefficient (Wildman–Crippen LogP) is 1.84. The van der Waals surface area contributed by atoms with Gasteiger partial charge in [-0.25, -0.2) is 4.98 Å². The average molecular weight is 257 g/mol. The van der Waals surface area contributed by atoms with Gasteiger partial charge in [-0.05, 0) is 25.1 Å². The number of aromatic nitrogens is 1. The van der Waals surface area contributed by atoms with Crippen LogP contribution in [0.5, 0.6) is 0 Å². The van der Waals surface area contributed by atoms with Gasteiger partial charge in [-0.3, -0.25) is 0 Å². The van der Waals surface area contributed by atoms with Crippen LogP contribution in [-0.2, 0) is 11.3 Å². The molecule has 100 valence electrons. The third kappa shape index (κ3) is 2.41. The minimum absolute atomic E-state index is 0.517. The maximum Gasteiger partial charge on any atom is 0.133 e. The summed E-state index contributed by atoms with van der Waals surface area (Å²) < 4.78 is 5.40. The van der Waals surface area contributed by atoms with Crippen molar-refractivity contribution in [3.8, 4) is 0 Å². The monoisotopic (exact) mass is 257 g/mol. The topological polar surface area (TPSA) is 51.4 Å². The Labute approximate surface area is 113 Å². The first-order valence-corrected chi connectivity index (χ1v) is 6.71. The molecule has 1 aromatic heterocycles. The zero-order chi connectivity index (χ0) is 13.2. The number of fused-ring (bicyclic) bond motifs is 1. The second kappa shape index (κ2) is 5.15. The summed E-state index contributed by atoms with van der Waals surface area (Å²) in [4.78, 5) is 7.07. The Bertz CT molecular complexity index is 591. The van der Waals surface area contributed by atoms with E-state index in [1.54, 1.807) is 0 Å². The number of pyridine rings is 1. The number of aryl methyl sites for hydroxylation is 1. The Morgan fingerprint density at radius 2 is 2.05 bits per heavy atom. The molecule has 0 unspecified atom stereocenters. The number of benzene rings is 1. The minimum atomic E-state index is 0.517. The van der Waals surface area contributed by atoms with Gasteiger partial charge in [0.25, 0.3) is 0 Å². The van der Waals surface area contributed by atoms with Crippen LogP contribution in [0.1, 0.15) is 11.1 Å². The molecule has 1 saturated heterocycles. The van der Waals surface area contributed by atoms with E-state index >= 15 is 0 Å². The van der Waals surface area contributed by atoms with Crippen molar-refractivity contribution in [2.75, 3.05) is 31.2 Å². The molecule has 0 aliphatic carbocycles. The minimum Gasteiger partial charge on any atom is -0.378 e. The molecular weight excluding hydrogens is 238 g/mol. The lowest BCUT2D eigenvalue weighted by molar-refractivity contribution is 0.122. The first kappa shape index (κ1) is 12.4. The van der Waals surface area contributed by atoms with Gasteiger partial charge in [0.15, 0.2) is 0 Å². The van der Waals surface area contributed by atoms with Crippen LogP contribution in [0.4, 0.5) is 5.82 Å². The van der Waals surface area contributed by atoms with Crippen LogP contribution < -0.4 is 10.6 Å². The molecule has 0 bridgehead atoms. The first-order chi connectivity index (χ1) is 9.28. The highest BCUT2D eigenvalue weighted by Crippen LogP contribution is 2.24. The summed E-state index contributed by atoms with van der Waals surface area (Å²) in [6.45, 7) is 5.91. The van der Waals surface area contributed by atoms with Crippen LogP contribution in [0.15, 0.2) is 24.3 Å². The van der Waals surface area contributed by atoms with Gasteiger partial charge in [0.2, 0.25) is 0 Å². The van der Waals surface area contributed by atoms with Gasteiger partial charge in [0, 0.05) is 30.6 Å². The lowest BCUT2D eigenvalue weighted by atomic mass is 10.1. The Morgan fingerprint density at radius 1 is 1.26 bits per heavy atom. The van der Waals surface area contributed by atoms with Gasteiger partial charge < -0.3 is 15.4 Å². The summed E-state index contributed by atoms with van der Waals surface area (Å²) in [6.07, 6.45) is 0. The molecule has 2 heterocycles. The Morgan fingerprint density at radius 3 is 2.79 bits per heavy atom. The number of rotatable bonds is 2. The standard InChI is InChI=1S/C15H19N3O/c1-11-2-3-14-12(8-11)9-13(10-16)15(17-14)18-4-6-19-7-5-18/h2-3,8-9H,4-7,10,16H2,1H3. The van der Waals surface area contributed by atoms with Gasteiger partial charge in [-0.15, -0.1) is 0 Å². The molecule has 4 heteroatoms. The summed E-state index contributed by atoms with van der Waals surface area (Å²) in [5.41, 5.74) is 9.28. The van der Waals surface area contributed by atoms with E-state index in [2.05, 4.69) is 36.1 Å². The Kier molecular flexibility index (Phi) is 3.36. The number of hydrogen-bond acceptors (Lipinski definition) is 4. The summed E-state index contributed by atoms with van der Waals surface area (Å²) in [5, 5.41) is 1.16. The maximum atomic E-state index is 5.89. The fourth-order valence-electron chi connectivity index (χ4n) is 2.53. The number of morpholine rings is 1. The molecule has 0 amide bonds. The fraction of sp³-hybridized carbons (Fsp3) is 0.400. The second-order valence-electron chi connectivity index (χ2n) is 4.97. The van der Waals surface area contributed by atoms with Gasteiger partial charge in [0.1, 0.15) is 5.82 Å². The molecule has 0 radical (unpaired) electrons. The van der Waals surface area contributed by atoms with Crippen LogP contribution >= 0.6 is 0 Å². The maximum absolute atomic E-state index is 5.89. The van der Waals surface area contributed by atoms with E-state index in [1.807, 2.05) is 0 Å². The van der Waals surface area contributed by atoms with E-state index in [1.165, 1.54) is 5.56 Å². The number of nitrogens with two attached hydrogens (primary N) is 1. The molecule has 2 N–H and O–H groups in total. The average Bonchev–Trinajstić information content (AvgIpc) is 2.46. The molecule has 3 rings (SSSR count). The van der Waals surface area contributed by atoms with Crippen molar-refractivity contribution in [2.45, 2.75) is 13.5 Å². The molecule has 1 aliphatic rings. The van der Waals surface area contributed by atoms with Crippen molar-refractivity contribution in [2.24, 2.45) is 5.73 Å². The smallest absolute Gasteiger partial charge is 0.133 e. The van der Waals surface area contributed by atoms with Crippen LogP contribution in [0.25, 0.3) is 10.9 Å². The lowest BCUT2D eigenvalue weighted by Gasteiger charge is -2.29. The van der Waals surface area contributed by atoms with Crippen molar-refractivity contribution < 1.29 is 4.74 Å².